The predicted octanol–water partition coefficient (Wildman–Crippen LogP) is 4.25. The largest absolute Gasteiger partial charge is 0.354 e. The average molecular weight is 467 g/mol. The van der Waals surface area contributed by atoms with Gasteiger partial charge in [-0.3, -0.25) is 14.5 Å². The lowest BCUT2D eigenvalue weighted by molar-refractivity contribution is -0.124. The first-order valence-corrected chi connectivity index (χ1v) is 11.8. The van der Waals surface area contributed by atoms with Crippen molar-refractivity contribution >= 4 is 22.7 Å². The molecule has 3 aromatic rings. The summed E-state index contributed by atoms with van der Waals surface area (Å²) in [7, 11) is 0. The Bertz CT molecular complexity index is 1290. The third-order valence-electron chi connectivity index (χ3n) is 5.93. The van der Waals surface area contributed by atoms with Crippen LogP contribution in [-0.2, 0) is 11.3 Å². The summed E-state index contributed by atoms with van der Waals surface area (Å²) in [6.45, 7) is 8.11. The highest BCUT2D eigenvalue weighted by atomic mass is 16.2. The van der Waals surface area contributed by atoms with Crippen LogP contribution in [0.4, 0.5) is 0 Å². The zero-order valence-electron chi connectivity index (χ0n) is 20.0. The molecule has 0 bridgehead atoms. The number of hydrogen-bond donors (Lipinski definition) is 2. The van der Waals surface area contributed by atoms with Gasteiger partial charge in [-0.2, -0.15) is 0 Å². The van der Waals surface area contributed by atoms with Crippen LogP contribution in [0, 0.1) is 0 Å². The van der Waals surface area contributed by atoms with E-state index in [0.717, 1.165) is 33.3 Å². The van der Waals surface area contributed by atoms with Gasteiger partial charge in [-0.15, -0.1) is 0 Å². The number of nitrogens with one attached hydrogen (secondary N) is 2. The lowest BCUT2D eigenvalue weighted by atomic mass is 9.95. The van der Waals surface area contributed by atoms with Gasteiger partial charge in [0.1, 0.15) is 0 Å². The van der Waals surface area contributed by atoms with Crippen molar-refractivity contribution in [3.63, 3.8) is 0 Å². The molecule has 6 heteroatoms. The third-order valence-corrected chi connectivity index (χ3v) is 5.93. The monoisotopic (exact) mass is 466 g/mol. The van der Waals surface area contributed by atoms with Crippen LogP contribution < -0.4 is 10.6 Å². The highest BCUT2D eigenvalue weighted by molar-refractivity contribution is 6.09. The zero-order chi connectivity index (χ0) is 24.6. The second-order valence-corrected chi connectivity index (χ2v) is 8.42. The molecule has 1 aliphatic heterocycles. The summed E-state index contributed by atoms with van der Waals surface area (Å²) in [4.78, 5) is 32.9. The molecule has 0 spiro atoms. The molecule has 0 atom stereocenters. The molecular formula is C29H30N4O2. The van der Waals surface area contributed by atoms with Crippen LogP contribution >= 0.6 is 0 Å². The number of piperazine rings is 1. The maximum atomic E-state index is 13.8. The van der Waals surface area contributed by atoms with Crippen molar-refractivity contribution < 1.29 is 9.59 Å². The molecule has 6 nitrogen and oxygen atoms in total. The van der Waals surface area contributed by atoms with Crippen LogP contribution in [0.1, 0.15) is 22.8 Å². The molecule has 2 amide bonds. The molecule has 2 N–H and O–H groups in total. The summed E-state index contributed by atoms with van der Waals surface area (Å²) in [5, 5.41) is 6.76. The minimum atomic E-state index is -0.170. The third kappa shape index (κ3) is 5.73. The molecule has 4 rings (SSSR count). The van der Waals surface area contributed by atoms with Crippen molar-refractivity contribution in [3.05, 3.63) is 102 Å². The summed E-state index contributed by atoms with van der Waals surface area (Å²) in [5.74, 6) is -0.181. The van der Waals surface area contributed by atoms with Gasteiger partial charge < -0.3 is 10.6 Å². The topological polar surface area (TPSA) is 74.3 Å². The Morgan fingerprint density at radius 1 is 1.17 bits per heavy atom. The number of hydrogen-bond acceptors (Lipinski definition) is 4. The number of aromatic nitrogens is 1. The molecule has 0 aliphatic carbocycles. The molecular weight excluding hydrogens is 436 g/mol. The fourth-order valence-electron chi connectivity index (χ4n) is 4.36. The second-order valence-electron chi connectivity index (χ2n) is 8.42. The van der Waals surface area contributed by atoms with Crippen LogP contribution in [0.2, 0.25) is 0 Å². The van der Waals surface area contributed by atoms with Crippen LogP contribution in [-0.4, -0.2) is 47.9 Å². The van der Waals surface area contributed by atoms with E-state index in [-0.39, 0.29) is 18.4 Å². The minimum absolute atomic E-state index is 0.0113. The van der Waals surface area contributed by atoms with E-state index < -0.39 is 0 Å². The molecule has 0 unspecified atom stereocenters. The van der Waals surface area contributed by atoms with Gasteiger partial charge in [0.05, 0.1) is 23.3 Å². The first-order valence-electron chi connectivity index (χ1n) is 11.8. The Balaban J connectivity index is 1.84. The highest BCUT2D eigenvalue weighted by Gasteiger charge is 2.25. The molecule has 2 aromatic carbocycles. The van der Waals surface area contributed by atoms with Crippen molar-refractivity contribution in [2.24, 2.45) is 0 Å². The van der Waals surface area contributed by atoms with Crippen LogP contribution in [0.5, 0.6) is 0 Å². The molecule has 0 radical (unpaired) electrons. The van der Waals surface area contributed by atoms with Crippen molar-refractivity contribution in [2.45, 2.75) is 13.5 Å². The maximum Gasteiger partial charge on any atom is 0.252 e. The Morgan fingerprint density at radius 3 is 2.69 bits per heavy atom. The highest BCUT2D eigenvalue weighted by Crippen LogP contribution is 2.31. The van der Waals surface area contributed by atoms with Gasteiger partial charge in [0, 0.05) is 42.7 Å². The van der Waals surface area contributed by atoms with Gasteiger partial charge in [0.25, 0.3) is 5.91 Å². The van der Waals surface area contributed by atoms with E-state index in [2.05, 4.69) is 22.1 Å². The number of pyridine rings is 1. The van der Waals surface area contributed by atoms with Gasteiger partial charge in [-0.05, 0) is 18.6 Å². The first kappa shape index (κ1) is 24.1. The number of allylic oxidation sites excluding steroid dienone is 3. The van der Waals surface area contributed by atoms with Gasteiger partial charge in [0.15, 0.2) is 0 Å². The fourth-order valence-corrected chi connectivity index (χ4v) is 4.36. The molecule has 178 valence electrons. The van der Waals surface area contributed by atoms with E-state index in [1.54, 1.807) is 6.08 Å². The standard InChI is InChI=1S/C29H30N4O2/c1-3-10-21(11-4-2)18-31-29(35)27-23-14-8-9-15-25(23)32-28(22-12-6-5-7-13-22)24(27)19-33-17-16-30-26(34)20-33/h3-15H,1,16-20H2,2H3,(H,30,34)(H,31,35)/b11-4-,21-10+. The van der Waals surface area contributed by atoms with Crippen molar-refractivity contribution in [1.82, 2.24) is 20.5 Å². The smallest absolute Gasteiger partial charge is 0.252 e. The van der Waals surface area contributed by atoms with Crippen molar-refractivity contribution in [2.75, 3.05) is 26.2 Å². The summed E-state index contributed by atoms with van der Waals surface area (Å²) >= 11 is 0. The number of amides is 2. The van der Waals surface area contributed by atoms with E-state index in [0.29, 0.717) is 31.7 Å². The number of para-hydroxylation sites is 1. The molecule has 1 fully saturated rings. The van der Waals surface area contributed by atoms with Crippen LogP contribution in [0.25, 0.3) is 22.2 Å². The minimum Gasteiger partial charge on any atom is -0.354 e. The maximum absolute atomic E-state index is 13.8. The summed E-state index contributed by atoms with van der Waals surface area (Å²) in [6.07, 6.45) is 7.48. The quantitative estimate of drug-likeness (QED) is 0.487. The number of carbonyl (C=O) groups excluding carboxylic acids is 2. The van der Waals surface area contributed by atoms with Crippen LogP contribution in [0.15, 0.2) is 91.1 Å². The molecule has 35 heavy (non-hydrogen) atoms. The molecule has 1 aliphatic rings. The normalized spacial score (nSPS) is 14.8. The van der Waals surface area contributed by atoms with Gasteiger partial charge >= 0.3 is 0 Å². The predicted molar refractivity (Wildman–Crippen MR) is 141 cm³/mol. The number of nitrogens with zero attached hydrogens (tertiary/aromatic N) is 2. The van der Waals surface area contributed by atoms with Crippen LogP contribution in [0.3, 0.4) is 0 Å². The number of fused-ring (bicyclic) bond motifs is 1. The van der Waals surface area contributed by atoms with E-state index >= 15 is 0 Å². The van der Waals surface area contributed by atoms with E-state index in [1.807, 2.05) is 79.7 Å². The van der Waals surface area contributed by atoms with Crippen molar-refractivity contribution in [1.29, 1.82) is 0 Å². The number of carbonyl (C=O) groups is 2. The Morgan fingerprint density at radius 2 is 1.94 bits per heavy atom. The fraction of sp³-hybridized carbons (Fsp3) is 0.207. The molecule has 0 saturated carbocycles. The summed E-state index contributed by atoms with van der Waals surface area (Å²) in [6, 6.07) is 17.6. The molecule has 1 aromatic heterocycles. The number of rotatable bonds is 8. The summed E-state index contributed by atoms with van der Waals surface area (Å²) in [5.41, 5.74) is 4.82. The molecule has 1 saturated heterocycles. The van der Waals surface area contributed by atoms with Crippen molar-refractivity contribution in [3.8, 4) is 11.3 Å². The summed E-state index contributed by atoms with van der Waals surface area (Å²) < 4.78 is 0. The van der Waals surface area contributed by atoms with Gasteiger partial charge in [-0.1, -0.05) is 79.4 Å². The van der Waals surface area contributed by atoms with E-state index in [4.69, 9.17) is 4.98 Å². The Kier molecular flexibility index (Phi) is 7.85. The average Bonchev–Trinajstić information content (AvgIpc) is 2.87. The zero-order valence-corrected chi connectivity index (χ0v) is 20.0. The SMILES string of the molecule is C=C/C=C(\C=C/C)CNC(=O)c1c(CN2CCNC(=O)C2)c(-c2ccccc2)nc2ccccc12. The second kappa shape index (κ2) is 11.4. The van der Waals surface area contributed by atoms with Gasteiger partial charge in [0.2, 0.25) is 5.91 Å². The van der Waals surface area contributed by atoms with E-state index in [1.165, 1.54) is 0 Å². The lowest BCUT2D eigenvalue weighted by Crippen LogP contribution is -2.47. The molecule has 2 heterocycles. The van der Waals surface area contributed by atoms with Gasteiger partial charge in [-0.25, -0.2) is 4.98 Å². The lowest BCUT2D eigenvalue weighted by Gasteiger charge is -2.28. The Labute approximate surface area is 206 Å². The number of benzene rings is 2. The Hall–Kier alpha value is -4.03. The van der Waals surface area contributed by atoms with E-state index in [9.17, 15) is 9.59 Å². The first-order chi connectivity index (χ1) is 17.1.